The summed E-state index contributed by atoms with van der Waals surface area (Å²) in [6.45, 7) is 10.3. The van der Waals surface area contributed by atoms with Crippen LogP contribution in [0.15, 0.2) is 42.6 Å². The third-order valence-corrected chi connectivity index (χ3v) is 6.32. The fourth-order valence-corrected chi connectivity index (χ4v) is 4.53. The molecule has 2 amide bonds. The van der Waals surface area contributed by atoms with E-state index in [1.165, 1.54) is 0 Å². The van der Waals surface area contributed by atoms with Crippen molar-refractivity contribution in [3.05, 3.63) is 53.9 Å². The van der Waals surface area contributed by atoms with Crippen LogP contribution in [-0.4, -0.2) is 40.7 Å². The van der Waals surface area contributed by atoms with Crippen LogP contribution >= 0.6 is 0 Å². The van der Waals surface area contributed by atoms with Crippen LogP contribution in [0.3, 0.4) is 0 Å². The third-order valence-electron chi connectivity index (χ3n) is 6.32. The van der Waals surface area contributed by atoms with Gasteiger partial charge in [-0.1, -0.05) is 32.0 Å². The molecule has 0 bridgehead atoms. The number of nitrogens with zero attached hydrogens (tertiary/aromatic N) is 2. The zero-order chi connectivity index (χ0) is 26.5. The Labute approximate surface area is 214 Å². The number of Topliss-reactive ketones (excluding diaryl/α,β-unsaturated/α-hetero) is 1. The molecule has 1 aromatic carbocycles. The highest BCUT2D eigenvalue weighted by atomic mass is 16.2. The number of fused-ring (bicyclic) bond motifs is 1. The lowest BCUT2D eigenvalue weighted by molar-refractivity contribution is -0.132. The molecule has 3 rings (SSSR count). The van der Waals surface area contributed by atoms with Crippen LogP contribution < -0.4 is 21.3 Å². The predicted octanol–water partition coefficient (Wildman–Crippen LogP) is 3.45. The van der Waals surface area contributed by atoms with Gasteiger partial charge in [0.1, 0.15) is 0 Å². The Bertz CT molecular complexity index is 1080. The van der Waals surface area contributed by atoms with Crippen LogP contribution in [-0.2, 0) is 27.3 Å². The van der Waals surface area contributed by atoms with Gasteiger partial charge in [0, 0.05) is 25.1 Å². The molecular weight excluding hydrogens is 454 g/mol. The second kappa shape index (κ2) is 11.6. The first kappa shape index (κ1) is 27.3. The maximum absolute atomic E-state index is 13.8. The summed E-state index contributed by atoms with van der Waals surface area (Å²) in [5, 5.41) is 6.19. The Hall–Kier alpha value is -3.26. The summed E-state index contributed by atoms with van der Waals surface area (Å²) in [6, 6.07) is 10.9. The van der Waals surface area contributed by atoms with Gasteiger partial charge in [-0.3, -0.25) is 19.4 Å². The number of benzene rings is 1. The standard InChI is InChI=1S/C28H39N5O3/c1-6-30-22-12-9-10-19-15-20(26(35)33(25(19)22)17-21-11-7-8-13-31-21)16-24(34)23(14-18(2)3)32-27(36)28(4,5)29/h7-13,18,20,23,30H,6,14-17,29H2,1-5H3,(H,32,36)/t20?,23-/m1/s1. The number of amides is 2. The fraction of sp³-hybridized carbons (Fsp3) is 0.500. The van der Waals surface area contributed by atoms with Crippen molar-refractivity contribution in [1.29, 1.82) is 0 Å². The maximum atomic E-state index is 13.8. The van der Waals surface area contributed by atoms with Crippen molar-refractivity contribution in [1.82, 2.24) is 10.3 Å². The van der Waals surface area contributed by atoms with Gasteiger partial charge in [0.2, 0.25) is 11.8 Å². The van der Waals surface area contributed by atoms with Gasteiger partial charge < -0.3 is 21.3 Å². The molecule has 0 radical (unpaired) electrons. The molecule has 194 valence electrons. The Morgan fingerprint density at radius 1 is 1.19 bits per heavy atom. The van der Waals surface area contributed by atoms with Crippen LogP contribution in [0.4, 0.5) is 11.4 Å². The number of anilines is 2. The molecule has 8 nitrogen and oxygen atoms in total. The van der Waals surface area contributed by atoms with Crippen molar-refractivity contribution in [3.63, 3.8) is 0 Å². The number of hydrogen-bond donors (Lipinski definition) is 3. The molecule has 0 aliphatic carbocycles. The Kier molecular flexibility index (Phi) is 8.84. The highest BCUT2D eigenvalue weighted by Crippen LogP contribution is 2.39. The van der Waals surface area contributed by atoms with Gasteiger partial charge in [0.05, 0.1) is 35.2 Å². The van der Waals surface area contributed by atoms with E-state index in [9.17, 15) is 14.4 Å². The fourth-order valence-electron chi connectivity index (χ4n) is 4.53. The molecule has 8 heteroatoms. The molecule has 0 spiro atoms. The summed E-state index contributed by atoms with van der Waals surface area (Å²) in [7, 11) is 0. The minimum atomic E-state index is -1.10. The number of ketones is 1. The number of rotatable bonds is 11. The number of para-hydroxylation sites is 1. The van der Waals surface area contributed by atoms with E-state index in [-0.39, 0.29) is 29.9 Å². The topological polar surface area (TPSA) is 117 Å². The van der Waals surface area contributed by atoms with E-state index >= 15 is 0 Å². The van der Waals surface area contributed by atoms with Crippen LogP contribution in [0.25, 0.3) is 0 Å². The van der Waals surface area contributed by atoms with Crippen molar-refractivity contribution in [2.75, 3.05) is 16.8 Å². The zero-order valence-corrected chi connectivity index (χ0v) is 22.0. The van der Waals surface area contributed by atoms with Crippen LogP contribution in [0, 0.1) is 11.8 Å². The summed E-state index contributed by atoms with van der Waals surface area (Å²) in [5.74, 6) is -0.979. The minimum absolute atomic E-state index is 0.0467. The maximum Gasteiger partial charge on any atom is 0.240 e. The highest BCUT2D eigenvalue weighted by molar-refractivity contribution is 6.03. The molecule has 1 aromatic heterocycles. The predicted molar refractivity (Wildman–Crippen MR) is 143 cm³/mol. The number of nitrogens with two attached hydrogens (primary N) is 1. The van der Waals surface area contributed by atoms with Crippen molar-refractivity contribution in [3.8, 4) is 0 Å². The SMILES string of the molecule is CCNc1cccc2c1N(Cc1ccccn1)C(=O)C(CC(=O)[C@@H](CC(C)C)NC(=O)C(C)(C)N)C2. The summed E-state index contributed by atoms with van der Waals surface area (Å²) in [6.07, 6.45) is 2.70. The third kappa shape index (κ3) is 6.69. The molecule has 1 aliphatic rings. The summed E-state index contributed by atoms with van der Waals surface area (Å²) in [4.78, 5) is 46.0. The quantitative estimate of drug-likeness (QED) is 0.441. The lowest BCUT2D eigenvalue weighted by atomic mass is 9.85. The molecular formula is C28H39N5O3. The van der Waals surface area contributed by atoms with E-state index in [0.717, 1.165) is 29.2 Å². The Morgan fingerprint density at radius 2 is 1.94 bits per heavy atom. The molecule has 0 saturated carbocycles. The van der Waals surface area contributed by atoms with Crippen molar-refractivity contribution < 1.29 is 14.4 Å². The summed E-state index contributed by atoms with van der Waals surface area (Å²) in [5.41, 5.74) is 8.36. The van der Waals surface area contributed by atoms with Gasteiger partial charge in [-0.15, -0.1) is 0 Å². The number of carbonyl (C=O) groups is 3. The van der Waals surface area contributed by atoms with Gasteiger partial charge in [-0.2, -0.15) is 0 Å². The molecule has 2 atom stereocenters. The van der Waals surface area contributed by atoms with E-state index in [1.807, 2.05) is 57.2 Å². The van der Waals surface area contributed by atoms with Gasteiger partial charge >= 0.3 is 0 Å². The van der Waals surface area contributed by atoms with Gasteiger partial charge in [0.25, 0.3) is 0 Å². The normalized spacial score (nSPS) is 16.5. The highest BCUT2D eigenvalue weighted by Gasteiger charge is 2.37. The van der Waals surface area contributed by atoms with Crippen LogP contribution in [0.5, 0.6) is 0 Å². The van der Waals surface area contributed by atoms with E-state index in [0.29, 0.717) is 19.4 Å². The molecule has 1 aliphatic heterocycles. The number of nitrogens with one attached hydrogen (secondary N) is 2. The second-order valence-corrected chi connectivity index (χ2v) is 10.5. The lowest BCUT2D eigenvalue weighted by Gasteiger charge is -2.36. The summed E-state index contributed by atoms with van der Waals surface area (Å²) >= 11 is 0. The van der Waals surface area contributed by atoms with Crippen LogP contribution in [0.1, 0.15) is 58.7 Å². The van der Waals surface area contributed by atoms with E-state index in [4.69, 9.17) is 5.73 Å². The first-order valence-electron chi connectivity index (χ1n) is 12.7. The lowest BCUT2D eigenvalue weighted by Crippen LogP contribution is -2.54. The molecule has 2 heterocycles. The molecule has 2 aromatic rings. The number of aromatic nitrogens is 1. The Morgan fingerprint density at radius 3 is 2.56 bits per heavy atom. The first-order chi connectivity index (χ1) is 17.0. The van der Waals surface area contributed by atoms with Crippen molar-refractivity contribution in [2.24, 2.45) is 17.6 Å². The molecule has 0 fully saturated rings. The van der Waals surface area contributed by atoms with Gasteiger partial charge in [-0.05, 0) is 63.3 Å². The molecule has 4 N–H and O–H groups in total. The number of carbonyl (C=O) groups excluding carboxylic acids is 3. The number of pyridine rings is 1. The van der Waals surface area contributed by atoms with Gasteiger partial charge in [-0.25, -0.2) is 0 Å². The smallest absolute Gasteiger partial charge is 0.240 e. The average molecular weight is 494 g/mol. The molecule has 36 heavy (non-hydrogen) atoms. The largest absolute Gasteiger partial charge is 0.384 e. The monoisotopic (exact) mass is 493 g/mol. The molecule has 1 unspecified atom stereocenters. The van der Waals surface area contributed by atoms with Crippen molar-refractivity contribution in [2.45, 2.75) is 72.0 Å². The van der Waals surface area contributed by atoms with Gasteiger partial charge in [0.15, 0.2) is 5.78 Å². The second-order valence-electron chi connectivity index (χ2n) is 10.5. The van der Waals surface area contributed by atoms with Crippen molar-refractivity contribution >= 4 is 29.0 Å². The first-order valence-corrected chi connectivity index (χ1v) is 12.7. The molecule has 0 saturated heterocycles. The van der Waals surface area contributed by atoms with E-state index in [2.05, 4.69) is 15.6 Å². The Balaban J connectivity index is 1.90. The average Bonchev–Trinajstić information content (AvgIpc) is 2.81. The number of hydrogen-bond acceptors (Lipinski definition) is 6. The van der Waals surface area contributed by atoms with E-state index in [1.54, 1.807) is 24.9 Å². The summed E-state index contributed by atoms with van der Waals surface area (Å²) < 4.78 is 0. The minimum Gasteiger partial charge on any atom is -0.384 e. The van der Waals surface area contributed by atoms with Crippen LogP contribution in [0.2, 0.25) is 0 Å². The van der Waals surface area contributed by atoms with E-state index < -0.39 is 17.5 Å². The zero-order valence-electron chi connectivity index (χ0n) is 22.0.